The van der Waals surface area contributed by atoms with E-state index in [4.69, 9.17) is 0 Å². The third-order valence-corrected chi connectivity index (χ3v) is 6.75. The summed E-state index contributed by atoms with van der Waals surface area (Å²) in [5, 5.41) is 2.37. The number of rotatable bonds is 3. The largest absolute Gasteiger partial charge is 0.295 e. The SMILES string of the molecule is CC1CCC1(NC1C(=O)C2(C1=O)C(=O)N(C)C2=O)S(=O)(=O)O. The second kappa shape index (κ2) is 4.00. The van der Waals surface area contributed by atoms with E-state index in [1.54, 1.807) is 6.92 Å². The average Bonchev–Trinajstić information content (AvgIpc) is 2.44. The van der Waals surface area contributed by atoms with Crippen LogP contribution in [0.3, 0.4) is 0 Å². The summed E-state index contributed by atoms with van der Waals surface area (Å²) in [6.45, 7) is 1.56. The van der Waals surface area contributed by atoms with E-state index in [2.05, 4.69) is 5.32 Å². The van der Waals surface area contributed by atoms with Crippen molar-refractivity contribution in [3.63, 3.8) is 0 Å². The number of carbonyl (C=O) groups is 4. The molecule has 2 amide bonds. The Labute approximate surface area is 125 Å². The minimum absolute atomic E-state index is 0.0405. The lowest BCUT2D eigenvalue weighted by molar-refractivity contribution is -0.187. The zero-order valence-corrected chi connectivity index (χ0v) is 12.6. The van der Waals surface area contributed by atoms with Gasteiger partial charge in [-0.05, 0) is 18.8 Å². The Morgan fingerprint density at radius 3 is 2.00 bits per heavy atom. The van der Waals surface area contributed by atoms with Gasteiger partial charge >= 0.3 is 0 Å². The molecule has 0 aromatic heterocycles. The molecule has 120 valence electrons. The summed E-state index contributed by atoms with van der Waals surface area (Å²) in [6.07, 6.45) is 0.534. The Bertz CT molecular complexity index is 709. The molecule has 2 aliphatic carbocycles. The first kappa shape index (κ1) is 15.3. The quantitative estimate of drug-likeness (QED) is 0.347. The van der Waals surface area contributed by atoms with Gasteiger partial charge in [0.25, 0.3) is 21.9 Å². The second-order valence-corrected chi connectivity index (χ2v) is 7.71. The van der Waals surface area contributed by atoms with E-state index < -0.39 is 55.7 Å². The Morgan fingerprint density at radius 2 is 1.68 bits per heavy atom. The molecule has 0 aromatic carbocycles. The number of ketones is 2. The molecule has 3 aliphatic rings. The maximum Gasteiger partial charge on any atom is 0.284 e. The third kappa shape index (κ3) is 1.33. The van der Waals surface area contributed by atoms with E-state index in [1.807, 2.05) is 0 Å². The summed E-state index contributed by atoms with van der Waals surface area (Å²) in [7, 11) is -3.40. The molecule has 2 saturated carbocycles. The number of imide groups is 1. The van der Waals surface area contributed by atoms with E-state index >= 15 is 0 Å². The number of Topliss-reactive ketones (excluding diaryl/α,β-unsaturated/α-hetero) is 2. The highest BCUT2D eigenvalue weighted by Gasteiger charge is 2.80. The molecule has 1 heterocycles. The molecule has 9 nitrogen and oxygen atoms in total. The number of nitrogens with one attached hydrogen (secondary N) is 1. The predicted molar refractivity (Wildman–Crippen MR) is 69.8 cm³/mol. The Hall–Kier alpha value is -1.65. The van der Waals surface area contributed by atoms with Crippen LogP contribution in [0, 0.1) is 11.3 Å². The van der Waals surface area contributed by atoms with Crippen molar-refractivity contribution in [2.24, 2.45) is 11.3 Å². The van der Waals surface area contributed by atoms with Crippen LogP contribution in [0.2, 0.25) is 0 Å². The summed E-state index contributed by atoms with van der Waals surface area (Å²) in [4.78, 5) is 46.7. The summed E-state index contributed by atoms with van der Waals surface area (Å²) >= 11 is 0. The normalized spacial score (nSPS) is 34.5. The molecule has 2 N–H and O–H groups in total. The first-order valence-corrected chi connectivity index (χ1v) is 8.11. The number of β-lactam (4-membered cyclic amide) rings is 2. The topological polar surface area (TPSA) is 138 Å². The Kier molecular flexibility index (Phi) is 2.77. The van der Waals surface area contributed by atoms with E-state index in [0.29, 0.717) is 11.3 Å². The molecule has 0 bridgehead atoms. The molecule has 3 fully saturated rings. The van der Waals surface area contributed by atoms with Crippen LogP contribution in [0.4, 0.5) is 0 Å². The van der Waals surface area contributed by atoms with Crippen LogP contribution < -0.4 is 5.32 Å². The van der Waals surface area contributed by atoms with Gasteiger partial charge in [0.2, 0.25) is 5.41 Å². The van der Waals surface area contributed by atoms with Crippen molar-refractivity contribution in [3.05, 3.63) is 0 Å². The fraction of sp³-hybridized carbons (Fsp3) is 0.667. The minimum Gasteiger partial charge on any atom is -0.295 e. The zero-order chi connectivity index (χ0) is 16.7. The molecule has 1 aliphatic heterocycles. The fourth-order valence-corrected chi connectivity index (χ4v) is 4.66. The van der Waals surface area contributed by atoms with E-state index in [1.165, 1.54) is 0 Å². The van der Waals surface area contributed by atoms with Gasteiger partial charge in [-0.15, -0.1) is 0 Å². The lowest BCUT2D eigenvalue weighted by Crippen LogP contribution is -2.86. The van der Waals surface area contributed by atoms with Crippen molar-refractivity contribution < 1.29 is 32.1 Å². The molecule has 2 atom stereocenters. The van der Waals surface area contributed by atoms with Crippen molar-refractivity contribution in [1.82, 2.24) is 10.2 Å². The highest BCUT2D eigenvalue weighted by molar-refractivity contribution is 7.87. The molecule has 1 saturated heterocycles. The lowest BCUT2D eigenvalue weighted by atomic mass is 9.56. The zero-order valence-electron chi connectivity index (χ0n) is 11.8. The predicted octanol–water partition coefficient (Wildman–Crippen LogP) is -1.90. The van der Waals surface area contributed by atoms with Gasteiger partial charge in [0.15, 0.2) is 16.4 Å². The number of hydrogen-bond donors (Lipinski definition) is 2. The summed E-state index contributed by atoms with van der Waals surface area (Å²) in [5.41, 5.74) is -2.29. The highest BCUT2D eigenvalue weighted by atomic mass is 32.2. The second-order valence-electron chi connectivity index (χ2n) is 6.03. The maximum absolute atomic E-state index is 12.2. The molecular formula is C12H14N2O7S. The van der Waals surface area contributed by atoms with Crippen molar-refractivity contribution in [3.8, 4) is 0 Å². The van der Waals surface area contributed by atoms with Crippen LogP contribution in [-0.4, -0.2) is 59.2 Å². The molecule has 1 spiro atoms. The van der Waals surface area contributed by atoms with Crippen LogP contribution in [-0.2, 0) is 29.3 Å². The third-order valence-electron chi connectivity index (χ3n) is 5.11. The van der Waals surface area contributed by atoms with Gasteiger partial charge in [0.1, 0.15) is 6.04 Å². The lowest BCUT2D eigenvalue weighted by Gasteiger charge is -2.54. The van der Waals surface area contributed by atoms with Crippen LogP contribution in [0.1, 0.15) is 19.8 Å². The average molecular weight is 330 g/mol. The van der Waals surface area contributed by atoms with Crippen LogP contribution in [0.5, 0.6) is 0 Å². The fourth-order valence-electron chi connectivity index (χ4n) is 3.39. The van der Waals surface area contributed by atoms with Crippen molar-refractivity contribution in [2.45, 2.75) is 30.7 Å². The van der Waals surface area contributed by atoms with E-state index in [9.17, 15) is 32.1 Å². The van der Waals surface area contributed by atoms with Crippen LogP contribution in [0.25, 0.3) is 0 Å². The van der Waals surface area contributed by atoms with Crippen LogP contribution >= 0.6 is 0 Å². The molecule has 2 unspecified atom stereocenters. The number of nitrogens with zero attached hydrogens (tertiary/aromatic N) is 1. The minimum atomic E-state index is -4.55. The number of hydrogen-bond acceptors (Lipinski definition) is 7. The maximum atomic E-state index is 12.2. The molecule has 10 heteroatoms. The van der Waals surface area contributed by atoms with Gasteiger partial charge in [0, 0.05) is 7.05 Å². The standard InChI is InChI=1S/C12H14N2O7S/c1-5-3-4-11(5,22(19,20)21)13-6-7(15)12(8(6)16)9(17)14(2)10(12)18/h5-6,13H,3-4H2,1-2H3,(H,19,20,21). The Morgan fingerprint density at radius 1 is 1.18 bits per heavy atom. The molecule has 22 heavy (non-hydrogen) atoms. The summed E-state index contributed by atoms with van der Waals surface area (Å²) in [6, 6.07) is -1.56. The van der Waals surface area contributed by atoms with Gasteiger partial charge < -0.3 is 0 Å². The van der Waals surface area contributed by atoms with Gasteiger partial charge in [-0.2, -0.15) is 8.42 Å². The van der Waals surface area contributed by atoms with Crippen molar-refractivity contribution in [2.75, 3.05) is 7.05 Å². The smallest absolute Gasteiger partial charge is 0.284 e. The van der Waals surface area contributed by atoms with Gasteiger partial charge in [-0.25, -0.2) is 0 Å². The summed E-state index contributed by atoms with van der Waals surface area (Å²) < 4.78 is 32.6. The van der Waals surface area contributed by atoms with Crippen molar-refractivity contribution in [1.29, 1.82) is 0 Å². The van der Waals surface area contributed by atoms with Gasteiger partial charge in [-0.1, -0.05) is 6.92 Å². The number of carbonyl (C=O) groups excluding carboxylic acids is 4. The summed E-state index contributed by atoms with van der Waals surface area (Å²) in [5.74, 6) is -4.20. The molecule has 0 aromatic rings. The highest BCUT2D eigenvalue weighted by Crippen LogP contribution is 2.48. The number of likely N-dealkylation sites (tertiary alicyclic amines) is 1. The van der Waals surface area contributed by atoms with E-state index in [0.717, 1.165) is 7.05 Å². The Balaban J connectivity index is 1.88. The van der Waals surface area contributed by atoms with E-state index in [-0.39, 0.29) is 6.42 Å². The first-order chi connectivity index (χ1) is 10.0. The van der Waals surface area contributed by atoms with Crippen molar-refractivity contribution >= 4 is 33.5 Å². The number of amides is 2. The molecule has 3 rings (SSSR count). The monoisotopic (exact) mass is 330 g/mol. The van der Waals surface area contributed by atoms with Crippen LogP contribution in [0.15, 0.2) is 0 Å². The van der Waals surface area contributed by atoms with Gasteiger partial charge in [0.05, 0.1) is 0 Å². The molecule has 0 radical (unpaired) electrons. The molecular weight excluding hydrogens is 316 g/mol. The first-order valence-electron chi connectivity index (χ1n) is 6.67. The van der Waals surface area contributed by atoms with Gasteiger partial charge in [-0.3, -0.25) is 33.9 Å².